The summed E-state index contributed by atoms with van der Waals surface area (Å²) in [7, 11) is 0. The summed E-state index contributed by atoms with van der Waals surface area (Å²) in [6.07, 6.45) is 5.53. The molecule has 3 nitrogen and oxygen atoms in total. The van der Waals surface area contributed by atoms with Crippen molar-refractivity contribution in [2.75, 3.05) is 5.32 Å². The lowest BCUT2D eigenvalue weighted by Crippen LogP contribution is -2.17. The predicted molar refractivity (Wildman–Crippen MR) is 83.6 cm³/mol. The largest absolute Gasteiger partial charge is 0.473 e. The van der Waals surface area contributed by atoms with E-state index >= 15 is 0 Å². The van der Waals surface area contributed by atoms with E-state index in [1.54, 1.807) is 6.20 Å². The minimum absolute atomic E-state index is 0.133. The highest BCUT2D eigenvalue weighted by molar-refractivity contribution is 7.10. The van der Waals surface area contributed by atoms with E-state index in [9.17, 15) is 0 Å². The van der Waals surface area contributed by atoms with Gasteiger partial charge in [0.05, 0.1) is 17.8 Å². The molecule has 1 atom stereocenters. The van der Waals surface area contributed by atoms with Crippen LogP contribution in [0.2, 0.25) is 0 Å². The Hall–Kier alpha value is -1.55. The molecule has 1 unspecified atom stereocenters. The van der Waals surface area contributed by atoms with E-state index < -0.39 is 0 Å². The first-order valence-electron chi connectivity index (χ1n) is 7.18. The van der Waals surface area contributed by atoms with Gasteiger partial charge in [0, 0.05) is 11.1 Å². The van der Waals surface area contributed by atoms with Crippen molar-refractivity contribution in [1.82, 2.24) is 4.98 Å². The van der Waals surface area contributed by atoms with Crippen molar-refractivity contribution < 1.29 is 4.74 Å². The fourth-order valence-electron chi connectivity index (χ4n) is 2.64. The molecule has 0 saturated heterocycles. The molecule has 4 heteroatoms. The lowest BCUT2D eigenvalue weighted by Gasteiger charge is -2.25. The number of aromatic nitrogens is 1. The smallest absolute Gasteiger partial charge is 0.237 e. The summed E-state index contributed by atoms with van der Waals surface area (Å²) in [6.45, 7) is 4.05. The second-order valence-corrected chi connectivity index (χ2v) is 6.41. The third-order valence-electron chi connectivity index (χ3n) is 3.50. The van der Waals surface area contributed by atoms with E-state index in [1.807, 2.05) is 37.3 Å². The van der Waals surface area contributed by atoms with Gasteiger partial charge in [-0.25, -0.2) is 4.98 Å². The molecule has 0 amide bonds. The molecule has 3 rings (SSSR count). The quantitative estimate of drug-likeness (QED) is 0.904. The minimum atomic E-state index is 0.133. The van der Waals surface area contributed by atoms with Crippen LogP contribution in [0.1, 0.15) is 43.2 Å². The Kier molecular flexibility index (Phi) is 3.92. The molecule has 0 radical (unpaired) electrons. The van der Waals surface area contributed by atoms with Crippen molar-refractivity contribution >= 4 is 17.0 Å². The summed E-state index contributed by atoms with van der Waals surface area (Å²) < 4.78 is 5.79. The van der Waals surface area contributed by atoms with Gasteiger partial charge in [-0.15, -0.1) is 11.3 Å². The summed E-state index contributed by atoms with van der Waals surface area (Å²) in [6, 6.07) is 6.62. The lowest BCUT2D eigenvalue weighted by atomic mass is 9.94. The standard InChI is InChI=1S/C16H20N2OS/c1-11(2)19-16-14(6-4-9-17-16)18-13-5-3-7-15-12(13)8-10-20-15/h4,6,8-11,13,18H,3,5,7H2,1-2H3. The van der Waals surface area contributed by atoms with Crippen molar-refractivity contribution in [2.45, 2.75) is 45.3 Å². The fourth-order valence-corrected chi connectivity index (χ4v) is 3.63. The molecular formula is C16H20N2OS. The van der Waals surface area contributed by atoms with Gasteiger partial charge in [0.1, 0.15) is 0 Å². The Morgan fingerprint density at radius 1 is 1.40 bits per heavy atom. The van der Waals surface area contributed by atoms with Crippen LogP contribution >= 0.6 is 11.3 Å². The number of anilines is 1. The van der Waals surface area contributed by atoms with Crippen LogP contribution in [-0.4, -0.2) is 11.1 Å². The first-order chi connectivity index (χ1) is 9.74. The van der Waals surface area contributed by atoms with Crippen LogP contribution in [0.5, 0.6) is 5.88 Å². The average Bonchev–Trinajstić information content (AvgIpc) is 2.90. The normalized spacial score (nSPS) is 17.9. The molecule has 1 aliphatic rings. The number of hydrogen-bond donors (Lipinski definition) is 1. The van der Waals surface area contributed by atoms with Crippen molar-refractivity contribution in [1.29, 1.82) is 0 Å². The molecule has 106 valence electrons. The third kappa shape index (κ3) is 2.80. The fraction of sp³-hybridized carbons (Fsp3) is 0.438. The highest BCUT2D eigenvalue weighted by Crippen LogP contribution is 2.37. The number of hydrogen-bond acceptors (Lipinski definition) is 4. The van der Waals surface area contributed by atoms with Gasteiger partial charge >= 0.3 is 0 Å². The van der Waals surface area contributed by atoms with E-state index in [0.29, 0.717) is 11.9 Å². The van der Waals surface area contributed by atoms with Gasteiger partial charge in [-0.1, -0.05) is 0 Å². The molecular weight excluding hydrogens is 268 g/mol. The van der Waals surface area contributed by atoms with E-state index in [2.05, 4.69) is 21.7 Å². The Morgan fingerprint density at radius 2 is 2.30 bits per heavy atom. The number of nitrogens with one attached hydrogen (secondary N) is 1. The summed E-state index contributed by atoms with van der Waals surface area (Å²) in [5.74, 6) is 0.699. The van der Waals surface area contributed by atoms with Crippen LogP contribution in [0.25, 0.3) is 0 Å². The molecule has 0 fully saturated rings. The molecule has 0 aliphatic heterocycles. The van der Waals surface area contributed by atoms with E-state index in [4.69, 9.17) is 4.74 Å². The van der Waals surface area contributed by atoms with Crippen molar-refractivity contribution in [2.24, 2.45) is 0 Å². The van der Waals surface area contributed by atoms with E-state index in [-0.39, 0.29) is 6.10 Å². The van der Waals surface area contributed by atoms with Crippen LogP contribution in [0, 0.1) is 0 Å². The van der Waals surface area contributed by atoms with Crippen LogP contribution in [0.3, 0.4) is 0 Å². The van der Waals surface area contributed by atoms with Crippen LogP contribution in [0.15, 0.2) is 29.8 Å². The predicted octanol–water partition coefficient (Wildman–Crippen LogP) is 4.42. The molecule has 0 spiro atoms. The Balaban J connectivity index is 1.82. The van der Waals surface area contributed by atoms with Crippen LogP contribution in [-0.2, 0) is 6.42 Å². The van der Waals surface area contributed by atoms with Crippen molar-refractivity contribution in [3.63, 3.8) is 0 Å². The number of thiophene rings is 1. The van der Waals surface area contributed by atoms with Crippen LogP contribution in [0.4, 0.5) is 5.69 Å². The Labute approximate surface area is 124 Å². The maximum Gasteiger partial charge on any atom is 0.237 e. The second kappa shape index (κ2) is 5.83. The van der Waals surface area contributed by atoms with Gasteiger partial charge in [0.25, 0.3) is 0 Å². The van der Waals surface area contributed by atoms with Gasteiger partial charge < -0.3 is 10.1 Å². The van der Waals surface area contributed by atoms with Gasteiger partial charge in [-0.2, -0.15) is 0 Å². The average molecular weight is 288 g/mol. The summed E-state index contributed by atoms with van der Waals surface area (Å²) in [5.41, 5.74) is 2.44. The maximum absolute atomic E-state index is 5.79. The van der Waals surface area contributed by atoms with E-state index in [1.165, 1.54) is 29.7 Å². The topological polar surface area (TPSA) is 34.1 Å². The van der Waals surface area contributed by atoms with Crippen LogP contribution < -0.4 is 10.1 Å². The number of nitrogens with zero attached hydrogens (tertiary/aromatic N) is 1. The first-order valence-corrected chi connectivity index (χ1v) is 8.06. The third-order valence-corrected chi connectivity index (χ3v) is 4.50. The molecule has 0 bridgehead atoms. The summed E-state index contributed by atoms with van der Waals surface area (Å²) >= 11 is 1.87. The van der Waals surface area contributed by atoms with Gasteiger partial charge in [-0.05, 0) is 62.3 Å². The molecule has 2 aromatic heterocycles. The molecule has 0 saturated carbocycles. The Morgan fingerprint density at radius 3 is 3.15 bits per heavy atom. The Bertz CT molecular complexity index is 579. The maximum atomic E-state index is 5.79. The van der Waals surface area contributed by atoms with Crippen molar-refractivity contribution in [3.05, 3.63) is 40.2 Å². The van der Waals surface area contributed by atoms with Crippen molar-refractivity contribution in [3.8, 4) is 5.88 Å². The molecule has 2 heterocycles. The van der Waals surface area contributed by atoms with E-state index in [0.717, 1.165) is 5.69 Å². The zero-order valence-electron chi connectivity index (χ0n) is 11.9. The SMILES string of the molecule is CC(C)Oc1ncccc1NC1CCCc2sccc21. The number of pyridine rings is 1. The minimum Gasteiger partial charge on any atom is -0.473 e. The molecule has 1 N–H and O–H groups in total. The highest BCUT2D eigenvalue weighted by atomic mass is 32.1. The van der Waals surface area contributed by atoms with Gasteiger partial charge in [-0.3, -0.25) is 0 Å². The van der Waals surface area contributed by atoms with Gasteiger partial charge in [0.2, 0.25) is 5.88 Å². The number of rotatable bonds is 4. The highest BCUT2D eigenvalue weighted by Gasteiger charge is 2.22. The monoisotopic (exact) mass is 288 g/mol. The first kappa shape index (κ1) is 13.4. The summed E-state index contributed by atoms with van der Waals surface area (Å²) in [4.78, 5) is 5.86. The lowest BCUT2D eigenvalue weighted by molar-refractivity contribution is 0.234. The number of ether oxygens (including phenoxy) is 1. The molecule has 20 heavy (non-hydrogen) atoms. The van der Waals surface area contributed by atoms with Gasteiger partial charge in [0.15, 0.2) is 0 Å². The molecule has 0 aromatic carbocycles. The second-order valence-electron chi connectivity index (χ2n) is 5.41. The number of fused-ring (bicyclic) bond motifs is 1. The molecule has 1 aliphatic carbocycles. The number of aryl methyl sites for hydroxylation is 1. The zero-order chi connectivity index (χ0) is 13.9. The molecule has 2 aromatic rings. The zero-order valence-corrected chi connectivity index (χ0v) is 12.7. The summed E-state index contributed by atoms with van der Waals surface area (Å²) in [5, 5.41) is 5.81.